The van der Waals surface area contributed by atoms with Gasteiger partial charge in [0.25, 0.3) is 0 Å². The molecule has 0 amide bonds. The first-order chi connectivity index (χ1) is 7.71. The Labute approximate surface area is 95.8 Å². The zero-order valence-electron chi connectivity index (χ0n) is 9.23. The number of hydrogen-bond acceptors (Lipinski definition) is 1. The van der Waals surface area contributed by atoms with Crippen molar-refractivity contribution in [1.82, 2.24) is 0 Å². The van der Waals surface area contributed by atoms with Crippen LogP contribution in [0, 0.1) is 5.82 Å². The van der Waals surface area contributed by atoms with Gasteiger partial charge in [0, 0.05) is 5.56 Å². The molecule has 0 radical (unpaired) electrons. The van der Waals surface area contributed by atoms with Crippen LogP contribution in [0.15, 0.2) is 29.8 Å². The van der Waals surface area contributed by atoms with Crippen LogP contribution in [0.3, 0.4) is 0 Å². The van der Waals surface area contributed by atoms with Gasteiger partial charge in [-0.25, -0.2) is 4.39 Å². The molecule has 0 atom stereocenters. The van der Waals surface area contributed by atoms with Crippen LogP contribution in [0.4, 0.5) is 17.6 Å². The molecule has 0 saturated heterocycles. The van der Waals surface area contributed by atoms with Crippen LogP contribution < -0.4 is 0 Å². The molecule has 0 fully saturated rings. The van der Waals surface area contributed by atoms with Gasteiger partial charge in [0.1, 0.15) is 5.82 Å². The largest absolute Gasteiger partial charge is 0.417 e. The summed E-state index contributed by atoms with van der Waals surface area (Å²) < 4.78 is 50.5. The molecule has 1 aromatic carbocycles. The van der Waals surface area contributed by atoms with Gasteiger partial charge in [-0.2, -0.15) is 13.2 Å². The number of carbonyl (C=O) groups excluding carboxylic acids is 1. The van der Waals surface area contributed by atoms with E-state index in [0.29, 0.717) is 11.6 Å². The molecule has 1 nitrogen and oxygen atoms in total. The Hall–Kier alpha value is -1.65. The van der Waals surface area contributed by atoms with Crippen molar-refractivity contribution in [3.63, 3.8) is 0 Å². The summed E-state index contributed by atoms with van der Waals surface area (Å²) in [5, 5.41) is 0. The van der Waals surface area contributed by atoms with E-state index in [1.165, 1.54) is 0 Å². The Bertz CT molecular complexity index is 468. The maximum atomic E-state index is 12.8. The Balaban J connectivity index is 3.34. The van der Waals surface area contributed by atoms with Crippen LogP contribution in [-0.4, -0.2) is 5.78 Å². The summed E-state index contributed by atoms with van der Waals surface area (Å²) in [6.45, 7) is 3.18. The van der Waals surface area contributed by atoms with E-state index < -0.39 is 28.9 Å². The van der Waals surface area contributed by atoms with Gasteiger partial charge in [0.15, 0.2) is 5.78 Å². The van der Waals surface area contributed by atoms with Crippen molar-refractivity contribution >= 4 is 5.78 Å². The van der Waals surface area contributed by atoms with Gasteiger partial charge in [-0.3, -0.25) is 4.79 Å². The fourth-order valence-corrected chi connectivity index (χ4v) is 1.31. The molecule has 0 unspecified atom stereocenters. The van der Waals surface area contributed by atoms with Crippen LogP contribution in [-0.2, 0) is 6.18 Å². The van der Waals surface area contributed by atoms with Gasteiger partial charge in [0.05, 0.1) is 5.56 Å². The van der Waals surface area contributed by atoms with E-state index in [4.69, 9.17) is 0 Å². The Morgan fingerprint density at radius 1 is 1.24 bits per heavy atom. The molecule has 92 valence electrons. The van der Waals surface area contributed by atoms with Crippen molar-refractivity contribution in [2.75, 3.05) is 0 Å². The van der Waals surface area contributed by atoms with Crippen molar-refractivity contribution in [1.29, 1.82) is 0 Å². The van der Waals surface area contributed by atoms with Crippen molar-refractivity contribution in [3.8, 4) is 0 Å². The Morgan fingerprint density at radius 3 is 2.29 bits per heavy atom. The second-order valence-electron chi connectivity index (χ2n) is 3.77. The van der Waals surface area contributed by atoms with Crippen molar-refractivity contribution < 1.29 is 22.4 Å². The molecule has 0 heterocycles. The Kier molecular flexibility index (Phi) is 3.70. The first-order valence-electron chi connectivity index (χ1n) is 4.78. The predicted molar refractivity (Wildman–Crippen MR) is 55.2 cm³/mol. The van der Waals surface area contributed by atoms with Crippen LogP contribution in [0.25, 0.3) is 0 Å². The number of allylic oxidation sites excluding steroid dienone is 2. The van der Waals surface area contributed by atoms with Gasteiger partial charge in [-0.15, -0.1) is 0 Å². The lowest BCUT2D eigenvalue weighted by atomic mass is 10.0. The number of ketones is 1. The highest BCUT2D eigenvalue weighted by molar-refractivity contribution is 6.06. The summed E-state index contributed by atoms with van der Waals surface area (Å²) in [6.07, 6.45) is -3.66. The summed E-state index contributed by atoms with van der Waals surface area (Å²) in [5.41, 5.74) is -1.22. The molecule has 0 bridgehead atoms. The molecule has 0 aliphatic heterocycles. The number of benzene rings is 1. The maximum Gasteiger partial charge on any atom is 0.417 e. The van der Waals surface area contributed by atoms with Gasteiger partial charge < -0.3 is 0 Å². The molecular formula is C12H10F4O. The summed E-state index contributed by atoms with van der Waals surface area (Å²) >= 11 is 0. The second kappa shape index (κ2) is 4.69. The Morgan fingerprint density at radius 2 is 1.82 bits per heavy atom. The van der Waals surface area contributed by atoms with E-state index in [-0.39, 0.29) is 0 Å². The van der Waals surface area contributed by atoms with E-state index >= 15 is 0 Å². The lowest BCUT2D eigenvalue weighted by Crippen LogP contribution is -2.12. The molecule has 5 heteroatoms. The van der Waals surface area contributed by atoms with Gasteiger partial charge >= 0.3 is 6.18 Å². The minimum atomic E-state index is -4.75. The zero-order chi connectivity index (χ0) is 13.2. The minimum Gasteiger partial charge on any atom is -0.289 e. The summed E-state index contributed by atoms with van der Waals surface area (Å²) in [6, 6.07) is 2.01. The van der Waals surface area contributed by atoms with Crippen LogP contribution in [0.5, 0.6) is 0 Å². The minimum absolute atomic E-state index is 0.325. The first kappa shape index (κ1) is 13.4. The fourth-order valence-electron chi connectivity index (χ4n) is 1.31. The van der Waals surface area contributed by atoms with Crippen LogP contribution >= 0.6 is 0 Å². The highest BCUT2D eigenvalue weighted by Crippen LogP contribution is 2.32. The van der Waals surface area contributed by atoms with Crippen molar-refractivity contribution in [2.45, 2.75) is 20.0 Å². The quantitative estimate of drug-likeness (QED) is 0.438. The molecule has 0 aliphatic carbocycles. The normalized spacial score (nSPS) is 11.2. The topological polar surface area (TPSA) is 17.1 Å². The summed E-state index contributed by atoms with van der Waals surface area (Å²) in [4.78, 5) is 11.5. The third kappa shape index (κ3) is 3.41. The molecule has 1 aromatic rings. The number of alkyl halides is 3. The van der Waals surface area contributed by atoms with Crippen LogP contribution in [0.1, 0.15) is 29.8 Å². The lowest BCUT2D eigenvalue weighted by molar-refractivity contribution is -0.138. The summed E-state index contributed by atoms with van der Waals surface area (Å²) in [5.74, 6) is -1.80. The van der Waals surface area contributed by atoms with Gasteiger partial charge in [-0.05, 0) is 38.1 Å². The van der Waals surface area contributed by atoms with E-state index in [1.54, 1.807) is 13.8 Å². The van der Waals surface area contributed by atoms with E-state index in [2.05, 4.69) is 0 Å². The highest BCUT2D eigenvalue weighted by atomic mass is 19.4. The monoisotopic (exact) mass is 246 g/mol. The highest BCUT2D eigenvalue weighted by Gasteiger charge is 2.35. The van der Waals surface area contributed by atoms with Gasteiger partial charge in [-0.1, -0.05) is 5.57 Å². The third-order valence-electron chi connectivity index (χ3n) is 1.97. The smallest absolute Gasteiger partial charge is 0.289 e. The lowest BCUT2D eigenvalue weighted by Gasteiger charge is -2.10. The SMILES string of the molecule is CC(C)=CC(=O)c1ccc(F)cc1C(F)(F)F. The van der Waals surface area contributed by atoms with Crippen molar-refractivity contribution in [3.05, 3.63) is 46.8 Å². The number of rotatable bonds is 2. The van der Waals surface area contributed by atoms with E-state index in [9.17, 15) is 22.4 Å². The molecular weight excluding hydrogens is 236 g/mol. The molecule has 0 aliphatic rings. The standard InChI is InChI=1S/C12H10F4O/c1-7(2)5-11(17)9-4-3-8(13)6-10(9)12(14,15)16/h3-6H,1-2H3. The molecule has 0 N–H and O–H groups in total. The number of halogens is 4. The first-order valence-corrected chi connectivity index (χ1v) is 4.78. The second-order valence-corrected chi connectivity index (χ2v) is 3.77. The van der Waals surface area contributed by atoms with Crippen LogP contribution in [0.2, 0.25) is 0 Å². The molecule has 0 aromatic heterocycles. The predicted octanol–water partition coefficient (Wildman–Crippen LogP) is 3.99. The molecule has 0 spiro atoms. The number of hydrogen-bond donors (Lipinski definition) is 0. The van der Waals surface area contributed by atoms with Crippen molar-refractivity contribution in [2.24, 2.45) is 0 Å². The maximum absolute atomic E-state index is 12.8. The molecule has 17 heavy (non-hydrogen) atoms. The van der Waals surface area contributed by atoms with Gasteiger partial charge in [0.2, 0.25) is 0 Å². The van der Waals surface area contributed by atoms with E-state index in [1.807, 2.05) is 0 Å². The number of carbonyl (C=O) groups is 1. The van der Waals surface area contributed by atoms with E-state index in [0.717, 1.165) is 18.2 Å². The summed E-state index contributed by atoms with van der Waals surface area (Å²) in [7, 11) is 0. The molecule has 1 rings (SSSR count). The third-order valence-corrected chi connectivity index (χ3v) is 1.97. The molecule has 0 saturated carbocycles. The zero-order valence-corrected chi connectivity index (χ0v) is 9.23. The average molecular weight is 246 g/mol. The fraction of sp³-hybridized carbons (Fsp3) is 0.250. The average Bonchev–Trinajstić information content (AvgIpc) is 2.14.